The molecule has 17 heavy (non-hydrogen) atoms. The molecule has 0 spiro atoms. The van der Waals surface area contributed by atoms with Crippen molar-refractivity contribution in [3.8, 4) is 5.75 Å². The minimum absolute atomic E-state index is 0. The third-order valence-electron chi connectivity index (χ3n) is 1.85. The summed E-state index contributed by atoms with van der Waals surface area (Å²) in [5, 5.41) is 9.43. The van der Waals surface area contributed by atoms with E-state index in [-0.39, 0.29) is 42.0 Å². The second-order valence-electron chi connectivity index (χ2n) is 2.97. The van der Waals surface area contributed by atoms with E-state index < -0.39 is 14.4 Å². The number of rotatable bonds is 4. The maximum Gasteiger partial charge on any atom is 2.00 e. The van der Waals surface area contributed by atoms with E-state index in [2.05, 4.69) is 9.51 Å². The fourth-order valence-electron chi connectivity index (χ4n) is 1.05. The number of aromatic nitrogens is 1. The first-order valence-corrected chi connectivity index (χ1v) is 5.60. The van der Waals surface area contributed by atoms with Crippen molar-refractivity contribution in [3.05, 3.63) is 23.0 Å². The van der Waals surface area contributed by atoms with Gasteiger partial charge in [0.1, 0.15) is 5.75 Å². The number of aryl methyl sites for hydroxylation is 1. The van der Waals surface area contributed by atoms with Crippen LogP contribution in [0.3, 0.4) is 0 Å². The van der Waals surface area contributed by atoms with Gasteiger partial charge < -0.3 is 24.0 Å². The van der Waals surface area contributed by atoms with Crippen LogP contribution in [0.4, 0.5) is 0 Å². The van der Waals surface area contributed by atoms with Crippen LogP contribution in [-0.2, 0) is 35.2 Å². The quantitative estimate of drug-likeness (QED) is 0.441. The molecule has 1 rings (SSSR count). The van der Waals surface area contributed by atoms with Gasteiger partial charge in [0, 0.05) is 11.8 Å². The number of aldehydes is 1. The number of phosphoric ester groups is 1. The van der Waals surface area contributed by atoms with Crippen molar-refractivity contribution in [2.24, 2.45) is 0 Å². The van der Waals surface area contributed by atoms with Crippen LogP contribution in [0, 0.1) is 6.92 Å². The van der Waals surface area contributed by atoms with Crippen molar-refractivity contribution in [3.63, 3.8) is 0 Å². The Balaban J connectivity index is 0.00000256. The van der Waals surface area contributed by atoms with Crippen molar-refractivity contribution in [2.75, 3.05) is 0 Å². The number of phosphoric acid groups is 1. The van der Waals surface area contributed by atoms with Gasteiger partial charge >= 0.3 is 19.5 Å². The normalized spacial score (nSPS) is 10.8. The van der Waals surface area contributed by atoms with Crippen LogP contribution < -0.4 is 9.79 Å². The third-order valence-corrected chi connectivity index (χ3v) is 2.30. The minimum Gasteiger partial charge on any atom is -0.790 e. The summed E-state index contributed by atoms with van der Waals surface area (Å²) < 4.78 is 14.2. The summed E-state index contributed by atoms with van der Waals surface area (Å²) in [5.74, 6) is -0.359. The first kappa shape index (κ1) is 16.4. The zero-order valence-corrected chi connectivity index (χ0v) is 12.8. The molecule has 0 radical (unpaired) electrons. The third kappa shape index (κ3) is 4.62. The van der Waals surface area contributed by atoms with Gasteiger partial charge in [-0.05, 0) is 6.92 Å². The average molecular weight is 311 g/mol. The van der Waals surface area contributed by atoms with Crippen molar-refractivity contribution < 1.29 is 48.3 Å². The molecule has 1 aromatic rings. The summed E-state index contributed by atoms with van der Waals surface area (Å²) in [6.07, 6.45) is 1.50. The van der Waals surface area contributed by atoms with Gasteiger partial charge in [-0.2, -0.15) is 0 Å². The van der Waals surface area contributed by atoms with Crippen LogP contribution in [-0.4, -0.2) is 16.4 Å². The van der Waals surface area contributed by atoms with E-state index in [0.717, 1.165) is 6.20 Å². The molecule has 0 aromatic carbocycles. The van der Waals surface area contributed by atoms with Crippen LogP contribution in [0.1, 0.15) is 21.6 Å². The van der Waals surface area contributed by atoms with E-state index in [1.54, 1.807) is 0 Å². The number of carbonyl (C=O) groups excluding carboxylic acids is 1. The van der Waals surface area contributed by atoms with Gasteiger partial charge in [0.2, 0.25) is 0 Å². The predicted octanol–water partition coefficient (Wildman–Crippen LogP) is -0.749. The Morgan fingerprint density at radius 2 is 2.18 bits per heavy atom. The Labute approximate surface area is 110 Å². The first-order chi connectivity index (χ1) is 7.35. The molecule has 0 saturated carbocycles. The number of carbonyl (C=O) groups is 1. The molecule has 0 saturated heterocycles. The molecular formula is C8H8NO6PZn. The maximum atomic E-state index is 10.7. The summed E-state index contributed by atoms with van der Waals surface area (Å²) in [6, 6.07) is 0. The van der Waals surface area contributed by atoms with Gasteiger partial charge in [0.25, 0.3) is 0 Å². The van der Waals surface area contributed by atoms with Crippen molar-refractivity contribution in [1.29, 1.82) is 0 Å². The second-order valence-corrected chi connectivity index (χ2v) is 4.12. The molecule has 7 nitrogen and oxygen atoms in total. The van der Waals surface area contributed by atoms with Crippen molar-refractivity contribution >= 4 is 14.1 Å². The van der Waals surface area contributed by atoms with E-state index in [0.29, 0.717) is 6.29 Å². The monoisotopic (exact) mass is 309 g/mol. The molecule has 0 aliphatic carbocycles. The van der Waals surface area contributed by atoms with Gasteiger partial charge in [-0.15, -0.1) is 0 Å². The minimum atomic E-state index is -5.11. The summed E-state index contributed by atoms with van der Waals surface area (Å²) in [7, 11) is -5.11. The van der Waals surface area contributed by atoms with E-state index >= 15 is 0 Å². The second kappa shape index (κ2) is 6.33. The summed E-state index contributed by atoms with van der Waals surface area (Å²) >= 11 is 0. The Hall–Kier alpha value is -0.647. The molecule has 0 amide bonds. The zero-order chi connectivity index (χ0) is 12.3. The molecule has 1 N–H and O–H groups in total. The zero-order valence-electron chi connectivity index (χ0n) is 8.95. The van der Waals surface area contributed by atoms with Crippen LogP contribution in [0.5, 0.6) is 5.75 Å². The van der Waals surface area contributed by atoms with Crippen LogP contribution in [0.25, 0.3) is 0 Å². The number of hydrogen-bond donors (Lipinski definition) is 1. The molecule has 9 heteroatoms. The number of hydrogen-bond acceptors (Lipinski definition) is 7. The smallest absolute Gasteiger partial charge is 0.790 e. The molecular weight excluding hydrogens is 302 g/mol. The van der Waals surface area contributed by atoms with Gasteiger partial charge in [-0.1, -0.05) is 0 Å². The molecule has 0 unspecified atom stereocenters. The van der Waals surface area contributed by atoms with Crippen molar-refractivity contribution in [2.45, 2.75) is 13.5 Å². The fraction of sp³-hybridized carbons (Fsp3) is 0.250. The van der Waals surface area contributed by atoms with Gasteiger partial charge in [0.05, 0.1) is 25.7 Å². The average Bonchev–Trinajstić information content (AvgIpc) is 2.18. The fourth-order valence-corrected chi connectivity index (χ4v) is 1.34. The Bertz CT molecular complexity index is 460. The SMILES string of the molecule is Cc1ncc(COP(=O)([O-])[O-])c(C=O)c1O.[Zn+2]. The largest absolute Gasteiger partial charge is 2.00 e. The number of nitrogens with zero attached hydrogens (tertiary/aromatic N) is 1. The molecule has 0 fully saturated rings. The van der Waals surface area contributed by atoms with E-state index in [1.807, 2.05) is 0 Å². The van der Waals surface area contributed by atoms with E-state index in [9.17, 15) is 24.3 Å². The van der Waals surface area contributed by atoms with Crippen molar-refractivity contribution in [1.82, 2.24) is 4.98 Å². The molecule has 1 aromatic heterocycles. The Morgan fingerprint density at radius 3 is 2.65 bits per heavy atom. The number of aromatic hydroxyl groups is 1. The summed E-state index contributed by atoms with van der Waals surface area (Å²) in [6.45, 7) is 0.845. The Morgan fingerprint density at radius 1 is 1.59 bits per heavy atom. The maximum absolute atomic E-state index is 10.7. The summed E-state index contributed by atoms with van der Waals surface area (Å²) in [4.78, 5) is 34.8. The predicted molar refractivity (Wildman–Crippen MR) is 48.4 cm³/mol. The molecule has 1 heterocycles. The van der Waals surface area contributed by atoms with Crippen LogP contribution in [0.2, 0.25) is 0 Å². The van der Waals surface area contributed by atoms with Gasteiger partial charge in [0.15, 0.2) is 6.29 Å². The van der Waals surface area contributed by atoms with E-state index in [1.165, 1.54) is 6.92 Å². The van der Waals surface area contributed by atoms with Crippen LogP contribution >= 0.6 is 7.82 Å². The molecule has 0 bridgehead atoms. The molecule has 0 aliphatic rings. The summed E-state index contributed by atoms with van der Waals surface area (Å²) in [5.41, 5.74) is 0.115. The van der Waals surface area contributed by atoms with E-state index in [4.69, 9.17) is 0 Å². The Kier molecular flexibility index (Phi) is 6.09. The standard InChI is InChI=1S/C8H10NO6P.Zn/c1-5-8(11)7(3-10)6(2-9-5)4-15-16(12,13)14;/h2-3,11H,4H2,1H3,(H2,12,13,14);/q;+2/p-2. The van der Waals surface area contributed by atoms with Crippen LogP contribution in [0.15, 0.2) is 6.20 Å². The molecule has 0 aliphatic heterocycles. The molecule has 88 valence electrons. The topological polar surface area (TPSA) is 123 Å². The van der Waals surface area contributed by atoms with Gasteiger partial charge in [-0.3, -0.25) is 9.78 Å². The number of pyridine rings is 1. The molecule has 0 atom stereocenters. The van der Waals surface area contributed by atoms with Gasteiger partial charge in [-0.25, -0.2) is 0 Å². The first-order valence-electron chi connectivity index (χ1n) is 4.14.